The Kier molecular flexibility index (Phi) is 4.69. The summed E-state index contributed by atoms with van der Waals surface area (Å²) in [4.78, 5) is 11.0. The molecule has 0 bridgehead atoms. The van der Waals surface area contributed by atoms with Gasteiger partial charge in [0.15, 0.2) is 11.5 Å². The van der Waals surface area contributed by atoms with Crippen molar-refractivity contribution in [2.45, 2.75) is 38.2 Å². The highest BCUT2D eigenvalue weighted by atomic mass is 79.9. The van der Waals surface area contributed by atoms with Crippen molar-refractivity contribution in [3.05, 3.63) is 22.2 Å². The van der Waals surface area contributed by atoms with Crippen molar-refractivity contribution in [3.8, 4) is 11.5 Å². The van der Waals surface area contributed by atoms with Gasteiger partial charge < -0.3 is 14.6 Å². The topological polar surface area (TPSA) is 55.8 Å². The fourth-order valence-corrected chi connectivity index (χ4v) is 2.81. The first-order valence-electron chi connectivity index (χ1n) is 6.35. The lowest BCUT2D eigenvalue weighted by Crippen LogP contribution is -2.14. The van der Waals surface area contributed by atoms with E-state index in [1.165, 1.54) is 0 Å². The lowest BCUT2D eigenvalue weighted by molar-refractivity contribution is -0.136. The van der Waals surface area contributed by atoms with Gasteiger partial charge in [-0.15, -0.1) is 0 Å². The van der Waals surface area contributed by atoms with Crippen LogP contribution in [0.5, 0.6) is 11.5 Å². The summed E-state index contributed by atoms with van der Waals surface area (Å²) >= 11 is 3.39. The molecule has 0 heterocycles. The number of aliphatic carboxylic acids is 1. The molecule has 1 aliphatic carbocycles. The predicted molar refractivity (Wildman–Crippen MR) is 74.9 cm³/mol. The lowest BCUT2D eigenvalue weighted by Gasteiger charge is -2.19. The van der Waals surface area contributed by atoms with Gasteiger partial charge in [-0.2, -0.15) is 0 Å². The number of methoxy groups -OCH3 is 1. The molecule has 0 amide bonds. The summed E-state index contributed by atoms with van der Waals surface area (Å²) in [6.07, 6.45) is 4.44. The van der Waals surface area contributed by atoms with E-state index in [1.54, 1.807) is 19.2 Å². The molecule has 19 heavy (non-hydrogen) atoms. The summed E-state index contributed by atoms with van der Waals surface area (Å²) < 4.78 is 12.0. The van der Waals surface area contributed by atoms with Gasteiger partial charge in [-0.25, -0.2) is 0 Å². The first-order chi connectivity index (χ1) is 9.11. The number of benzene rings is 1. The molecule has 0 atom stereocenters. The molecule has 0 radical (unpaired) electrons. The Morgan fingerprint density at radius 1 is 1.42 bits per heavy atom. The lowest BCUT2D eigenvalue weighted by atomic mass is 10.1. The standard InChI is InChI=1S/C14H17BrO4/c1-18-12-7-6-11(15)10(8-13(16)17)14(12)19-9-4-2-3-5-9/h6-7,9H,2-5,8H2,1H3,(H,16,17). The maximum absolute atomic E-state index is 11.0. The van der Waals surface area contributed by atoms with Gasteiger partial charge in [-0.05, 0) is 37.8 Å². The van der Waals surface area contributed by atoms with E-state index in [-0.39, 0.29) is 12.5 Å². The smallest absolute Gasteiger partial charge is 0.308 e. The first kappa shape index (κ1) is 14.2. The normalized spacial score (nSPS) is 15.5. The van der Waals surface area contributed by atoms with E-state index in [4.69, 9.17) is 14.6 Å². The highest BCUT2D eigenvalue weighted by molar-refractivity contribution is 9.10. The Balaban J connectivity index is 2.34. The van der Waals surface area contributed by atoms with E-state index in [9.17, 15) is 4.79 Å². The minimum atomic E-state index is -0.884. The summed E-state index contributed by atoms with van der Waals surface area (Å²) in [7, 11) is 1.56. The van der Waals surface area contributed by atoms with Gasteiger partial charge in [0.05, 0.1) is 19.6 Å². The van der Waals surface area contributed by atoms with Gasteiger partial charge in [0, 0.05) is 10.0 Å². The zero-order valence-electron chi connectivity index (χ0n) is 10.8. The van der Waals surface area contributed by atoms with Crippen molar-refractivity contribution in [1.82, 2.24) is 0 Å². The predicted octanol–water partition coefficient (Wildman–Crippen LogP) is 3.41. The van der Waals surface area contributed by atoms with Gasteiger partial charge >= 0.3 is 5.97 Å². The summed E-state index contributed by atoms with van der Waals surface area (Å²) in [5.41, 5.74) is 0.638. The summed E-state index contributed by atoms with van der Waals surface area (Å²) in [6.45, 7) is 0. The molecular weight excluding hydrogens is 312 g/mol. The third-order valence-corrected chi connectivity index (χ3v) is 4.04. The number of carboxylic acids is 1. The number of carbonyl (C=O) groups is 1. The SMILES string of the molecule is COc1ccc(Br)c(CC(=O)O)c1OC1CCCC1. The molecule has 104 valence electrons. The van der Waals surface area contributed by atoms with E-state index in [2.05, 4.69) is 15.9 Å². The summed E-state index contributed by atoms with van der Waals surface area (Å²) in [5.74, 6) is 0.266. The highest BCUT2D eigenvalue weighted by Gasteiger charge is 2.23. The molecule has 1 aromatic rings. The van der Waals surface area contributed by atoms with Crippen molar-refractivity contribution in [1.29, 1.82) is 0 Å². The first-order valence-corrected chi connectivity index (χ1v) is 7.15. The second kappa shape index (κ2) is 6.28. The van der Waals surface area contributed by atoms with Crippen LogP contribution >= 0.6 is 15.9 Å². The van der Waals surface area contributed by atoms with Crippen LogP contribution in [0.15, 0.2) is 16.6 Å². The van der Waals surface area contributed by atoms with Gasteiger partial charge in [-0.3, -0.25) is 4.79 Å². The molecule has 4 nitrogen and oxygen atoms in total. The second-order valence-electron chi connectivity index (χ2n) is 4.65. The molecule has 0 unspecified atom stereocenters. The minimum absolute atomic E-state index is 0.0835. The number of rotatable bonds is 5. The molecule has 0 spiro atoms. The average molecular weight is 329 g/mol. The van der Waals surface area contributed by atoms with Crippen LogP contribution in [-0.4, -0.2) is 24.3 Å². The number of hydrogen-bond acceptors (Lipinski definition) is 3. The molecule has 1 aromatic carbocycles. The third-order valence-electron chi connectivity index (χ3n) is 3.30. The van der Waals surface area contributed by atoms with Crippen LogP contribution in [0.1, 0.15) is 31.2 Å². The monoisotopic (exact) mass is 328 g/mol. The molecule has 2 rings (SSSR count). The van der Waals surface area contributed by atoms with Gasteiger partial charge in [0.2, 0.25) is 0 Å². The van der Waals surface area contributed by atoms with Crippen molar-refractivity contribution < 1.29 is 19.4 Å². The van der Waals surface area contributed by atoms with Crippen molar-refractivity contribution in [3.63, 3.8) is 0 Å². The molecule has 0 aromatic heterocycles. The van der Waals surface area contributed by atoms with E-state index in [0.717, 1.165) is 30.2 Å². The molecule has 5 heteroatoms. The van der Waals surface area contributed by atoms with Crippen LogP contribution in [0.3, 0.4) is 0 Å². The Morgan fingerprint density at radius 2 is 2.11 bits per heavy atom. The zero-order chi connectivity index (χ0) is 13.8. The number of halogens is 1. The third kappa shape index (κ3) is 3.41. The number of ether oxygens (including phenoxy) is 2. The quantitative estimate of drug-likeness (QED) is 0.899. The molecule has 1 fully saturated rings. The molecule has 1 N–H and O–H groups in total. The fraction of sp³-hybridized carbons (Fsp3) is 0.500. The van der Waals surface area contributed by atoms with Crippen LogP contribution in [0.4, 0.5) is 0 Å². The molecule has 1 saturated carbocycles. The Hall–Kier alpha value is -1.23. The Labute approximate surface area is 120 Å². The van der Waals surface area contributed by atoms with Crippen molar-refractivity contribution >= 4 is 21.9 Å². The fourth-order valence-electron chi connectivity index (χ4n) is 2.36. The molecule has 0 aliphatic heterocycles. The Bertz CT molecular complexity index is 467. The highest BCUT2D eigenvalue weighted by Crippen LogP contribution is 2.39. The van der Waals surface area contributed by atoms with Gasteiger partial charge in [0.25, 0.3) is 0 Å². The van der Waals surface area contributed by atoms with E-state index >= 15 is 0 Å². The molecule has 1 aliphatic rings. The second-order valence-corrected chi connectivity index (χ2v) is 5.51. The minimum Gasteiger partial charge on any atom is -0.493 e. The van der Waals surface area contributed by atoms with Gasteiger partial charge in [0.1, 0.15) is 0 Å². The van der Waals surface area contributed by atoms with Crippen LogP contribution in [-0.2, 0) is 11.2 Å². The molecular formula is C14H17BrO4. The van der Waals surface area contributed by atoms with E-state index in [0.29, 0.717) is 17.1 Å². The van der Waals surface area contributed by atoms with E-state index in [1.807, 2.05) is 0 Å². The van der Waals surface area contributed by atoms with Crippen molar-refractivity contribution in [2.75, 3.05) is 7.11 Å². The average Bonchev–Trinajstić information content (AvgIpc) is 2.86. The van der Waals surface area contributed by atoms with E-state index < -0.39 is 5.97 Å². The zero-order valence-corrected chi connectivity index (χ0v) is 12.4. The largest absolute Gasteiger partial charge is 0.493 e. The number of hydrogen-bond donors (Lipinski definition) is 1. The van der Waals surface area contributed by atoms with Gasteiger partial charge in [-0.1, -0.05) is 15.9 Å². The summed E-state index contributed by atoms with van der Waals surface area (Å²) in [5, 5.41) is 9.02. The number of carboxylic acid groups (broad SMARTS) is 1. The maximum Gasteiger partial charge on any atom is 0.308 e. The maximum atomic E-state index is 11.0. The van der Waals surface area contributed by atoms with Crippen molar-refractivity contribution in [2.24, 2.45) is 0 Å². The Morgan fingerprint density at radius 3 is 2.68 bits per heavy atom. The van der Waals surface area contributed by atoms with Crippen LogP contribution < -0.4 is 9.47 Å². The van der Waals surface area contributed by atoms with Crippen LogP contribution in [0.25, 0.3) is 0 Å². The summed E-state index contributed by atoms with van der Waals surface area (Å²) in [6, 6.07) is 3.58. The molecule has 0 saturated heterocycles. The van der Waals surface area contributed by atoms with Crippen LogP contribution in [0.2, 0.25) is 0 Å². The van der Waals surface area contributed by atoms with Crippen LogP contribution in [0, 0.1) is 0 Å².